The van der Waals surface area contributed by atoms with Gasteiger partial charge < -0.3 is 10.1 Å². The van der Waals surface area contributed by atoms with Crippen LogP contribution in [0.3, 0.4) is 0 Å². The van der Waals surface area contributed by atoms with E-state index in [9.17, 15) is 9.59 Å². The molecule has 0 radical (unpaired) electrons. The lowest BCUT2D eigenvalue weighted by Gasteiger charge is -2.25. The van der Waals surface area contributed by atoms with Crippen LogP contribution in [0.25, 0.3) is 16.9 Å². The van der Waals surface area contributed by atoms with Gasteiger partial charge in [0.2, 0.25) is 0 Å². The minimum atomic E-state index is -0.367. The zero-order valence-corrected chi connectivity index (χ0v) is 19.3. The molecule has 7 heteroatoms. The quantitative estimate of drug-likeness (QED) is 0.370. The van der Waals surface area contributed by atoms with E-state index in [0.29, 0.717) is 24.1 Å². The normalized spacial score (nSPS) is 14.8. The van der Waals surface area contributed by atoms with Crippen LogP contribution >= 0.6 is 0 Å². The monoisotopic (exact) mass is 474 g/mol. The zero-order valence-electron chi connectivity index (χ0n) is 19.3. The van der Waals surface area contributed by atoms with Crippen LogP contribution in [0.4, 0.5) is 0 Å². The van der Waals surface area contributed by atoms with Gasteiger partial charge in [-0.1, -0.05) is 48.5 Å². The lowest BCUT2D eigenvalue weighted by Crippen LogP contribution is -2.25. The first-order chi connectivity index (χ1) is 17.7. The van der Waals surface area contributed by atoms with Gasteiger partial charge in [-0.15, -0.1) is 0 Å². The topological polar surface area (TPSA) is 86.1 Å². The number of amides is 1. The van der Waals surface area contributed by atoms with Crippen molar-refractivity contribution in [2.24, 2.45) is 0 Å². The number of hydrogen-bond donors (Lipinski definition) is 1. The van der Waals surface area contributed by atoms with E-state index in [1.807, 2.05) is 71.3 Å². The minimum absolute atomic E-state index is 0.210. The molecule has 0 bridgehead atoms. The third kappa shape index (κ3) is 4.11. The van der Waals surface area contributed by atoms with E-state index in [2.05, 4.69) is 15.3 Å². The maximum Gasteiger partial charge on any atom is 0.339 e. The smallest absolute Gasteiger partial charge is 0.339 e. The Bertz CT molecular complexity index is 1580. The molecule has 1 unspecified atom stereocenters. The van der Waals surface area contributed by atoms with Crippen molar-refractivity contribution in [1.29, 1.82) is 0 Å². The number of para-hydroxylation sites is 2. The van der Waals surface area contributed by atoms with Crippen molar-refractivity contribution in [2.45, 2.75) is 19.1 Å². The Morgan fingerprint density at radius 3 is 2.64 bits per heavy atom. The maximum absolute atomic E-state index is 12.9. The van der Waals surface area contributed by atoms with E-state index in [0.717, 1.165) is 33.5 Å². The highest BCUT2D eigenvalue weighted by Gasteiger charge is 2.28. The molecule has 6 rings (SSSR count). The van der Waals surface area contributed by atoms with Crippen molar-refractivity contribution < 1.29 is 14.3 Å². The average Bonchev–Trinajstić information content (AvgIpc) is 3.36. The highest BCUT2D eigenvalue weighted by Crippen LogP contribution is 2.31. The summed E-state index contributed by atoms with van der Waals surface area (Å²) in [6.45, 7) is 0.336. The zero-order chi connectivity index (χ0) is 24.5. The number of nitrogens with one attached hydrogen (secondary N) is 1. The summed E-state index contributed by atoms with van der Waals surface area (Å²) in [5, 5.41) is 2.95. The number of ether oxygens (including phenoxy) is 1. The van der Waals surface area contributed by atoms with E-state index in [1.54, 1.807) is 30.7 Å². The third-order valence-electron chi connectivity index (χ3n) is 6.38. The molecule has 0 aliphatic carbocycles. The number of carbonyl (C=O) groups is 2. The van der Waals surface area contributed by atoms with Gasteiger partial charge in [-0.25, -0.2) is 14.8 Å². The molecular weight excluding hydrogens is 452 g/mol. The van der Waals surface area contributed by atoms with E-state index < -0.39 is 0 Å². The molecule has 1 aliphatic rings. The number of carbonyl (C=O) groups excluding carboxylic acids is 2. The molecule has 36 heavy (non-hydrogen) atoms. The SMILES string of the molecule is O=C(NCc1ccc(-n2cnc3ccccc32)nc1)c1ccc2c(c1)CC(c1ccccc1)OC2=O. The molecule has 0 saturated carbocycles. The van der Waals surface area contributed by atoms with Gasteiger partial charge in [0, 0.05) is 24.7 Å². The van der Waals surface area contributed by atoms with Crippen LogP contribution in [0.5, 0.6) is 0 Å². The Kier molecular flexibility index (Phi) is 5.50. The molecule has 176 valence electrons. The first-order valence-corrected chi connectivity index (χ1v) is 11.7. The van der Waals surface area contributed by atoms with E-state index in [-0.39, 0.29) is 18.0 Å². The van der Waals surface area contributed by atoms with Gasteiger partial charge in [0.1, 0.15) is 18.2 Å². The van der Waals surface area contributed by atoms with Gasteiger partial charge in [-0.2, -0.15) is 0 Å². The predicted molar refractivity (Wildman–Crippen MR) is 135 cm³/mol. The number of fused-ring (bicyclic) bond motifs is 2. The van der Waals surface area contributed by atoms with Crippen LogP contribution in [0.1, 0.15) is 43.5 Å². The van der Waals surface area contributed by atoms with Crippen LogP contribution in [-0.2, 0) is 17.7 Å². The lowest BCUT2D eigenvalue weighted by atomic mass is 9.93. The van der Waals surface area contributed by atoms with Gasteiger partial charge in [-0.05, 0) is 53.1 Å². The molecule has 1 aliphatic heterocycles. The number of benzene rings is 3. The molecule has 3 aromatic carbocycles. The Balaban J connectivity index is 1.14. The predicted octanol–water partition coefficient (Wildman–Crippen LogP) is 4.80. The average molecular weight is 475 g/mol. The van der Waals surface area contributed by atoms with Crippen LogP contribution < -0.4 is 5.32 Å². The van der Waals surface area contributed by atoms with Gasteiger partial charge in [0.05, 0.1) is 16.6 Å². The maximum atomic E-state index is 12.9. The molecule has 1 amide bonds. The van der Waals surface area contributed by atoms with Crippen molar-refractivity contribution in [3.63, 3.8) is 0 Å². The molecule has 1 N–H and O–H groups in total. The number of aromatic nitrogens is 3. The Morgan fingerprint density at radius 1 is 0.972 bits per heavy atom. The third-order valence-corrected chi connectivity index (χ3v) is 6.38. The molecule has 0 spiro atoms. The Labute approximate surface area is 207 Å². The second-order valence-corrected chi connectivity index (χ2v) is 8.69. The van der Waals surface area contributed by atoms with E-state index in [4.69, 9.17) is 4.74 Å². The molecule has 7 nitrogen and oxygen atoms in total. The van der Waals surface area contributed by atoms with E-state index >= 15 is 0 Å². The van der Waals surface area contributed by atoms with Crippen molar-refractivity contribution in [3.8, 4) is 5.82 Å². The van der Waals surface area contributed by atoms with Crippen molar-refractivity contribution in [2.75, 3.05) is 0 Å². The number of hydrogen-bond acceptors (Lipinski definition) is 5. The Hall–Kier alpha value is -4.78. The lowest BCUT2D eigenvalue weighted by molar-refractivity contribution is 0.0252. The van der Waals surface area contributed by atoms with Gasteiger partial charge in [0.25, 0.3) is 5.91 Å². The number of rotatable bonds is 5. The summed E-state index contributed by atoms with van der Waals surface area (Å²) in [6, 6.07) is 26.5. The summed E-state index contributed by atoms with van der Waals surface area (Å²) < 4.78 is 7.54. The largest absolute Gasteiger partial charge is 0.454 e. The fraction of sp³-hybridized carbons (Fsp3) is 0.103. The van der Waals surface area contributed by atoms with Crippen LogP contribution in [0, 0.1) is 0 Å². The second-order valence-electron chi connectivity index (χ2n) is 8.69. The molecular formula is C29H22N4O3. The fourth-order valence-electron chi connectivity index (χ4n) is 4.48. The highest BCUT2D eigenvalue weighted by molar-refractivity contribution is 5.97. The summed E-state index contributed by atoms with van der Waals surface area (Å²) in [6.07, 6.45) is 3.67. The molecule has 0 saturated heterocycles. The number of esters is 1. The summed E-state index contributed by atoms with van der Waals surface area (Å²) in [7, 11) is 0. The standard InChI is InChI=1S/C29H22N4O3/c34-28(21-11-12-23-22(14-21)15-26(36-29(23)35)20-6-2-1-3-7-20)31-17-19-10-13-27(30-16-19)33-18-32-24-8-4-5-9-25(24)33/h1-14,16,18,26H,15,17H2,(H,31,34). The first-order valence-electron chi connectivity index (χ1n) is 11.7. The number of nitrogens with zero attached hydrogens (tertiary/aromatic N) is 3. The van der Waals surface area contributed by atoms with Crippen molar-refractivity contribution in [1.82, 2.24) is 19.9 Å². The Morgan fingerprint density at radius 2 is 1.81 bits per heavy atom. The fourth-order valence-corrected chi connectivity index (χ4v) is 4.48. The van der Waals surface area contributed by atoms with Gasteiger partial charge in [-0.3, -0.25) is 9.36 Å². The molecule has 5 aromatic rings. The van der Waals surface area contributed by atoms with Gasteiger partial charge in [0.15, 0.2) is 0 Å². The second kappa shape index (κ2) is 9.11. The highest BCUT2D eigenvalue weighted by atomic mass is 16.5. The summed E-state index contributed by atoms with van der Waals surface area (Å²) in [5.74, 6) is 0.180. The summed E-state index contributed by atoms with van der Waals surface area (Å²) in [4.78, 5) is 34.3. The van der Waals surface area contributed by atoms with Crippen molar-refractivity contribution >= 4 is 22.9 Å². The molecule has 2 aromatic heterocycles. The molecule has 1 atom stereocenters. The van der Waals surface area contributed by atoms with Crippen LogP contribution in [-0.4, -0.2) is 26.4 Å². The number of imidazole rings is 1. The van der Waals surface area contributed by atoms with Crippen molar-refractivity contribution in [3.05, 3.63) is 125 Å². The summed E-state index contributed by atoms with van der Waals surface area (Å²) in [5.41, 5.74) is 5.52. The van der Waals surface area contributed by atoms with E-state index in [1.165, 1.54) is 0 Å². The van der Waals surface area contributed by atoms with Gasteiger partial charge >= 0.3 is 5.97 Å². The first kappa shape index (κ1) is 21.7. The summed E-state index contributed by atoms with van der Waals surface area (Å²) >= 11 is 0. The number of cyclic esters (lactones) is 1. The van der Waals surface area contributed by atoms with Crippen LogP contribution in [0.15, 0.2) is 97.5 Å². The number of pyridine rings is 1. The molecule has 3 heterocycles. The van der Waals surface area contributed by atoms with Crippen LogP contribution in [0.2, 0.25) is 0 Å². The molecule has 0 fully saturated rings. The minimum Gasteiger partial charge on any atom is -0.454 e.